The number of carbonyl (C=O) groups excluding carboxylic acids is 2. The Bertz CT molecular complexity index is 754. The smallest absolute Gasteiger partial charge is 0.265 e. The second-order valence-electron chi connectivity index (χ2n) is 6.26. The van der Waals surface area contributed by atoms with Crippen molar-refractivity contribution in [3.63, 3.8) is 0 Å². The minimum Gasteiger partial charge on any atom is -0.481 e. The molecule has 1 N–H and O–H groups in total. The van der Waals surface area contributed by atoms with Gasteiger partial charge < -0.3 is 15.0 Å². The number of anilines is 2. The monoisotopic (exact) mass is 338 g/mol. The summed E-state index contributed by atoms with van der Waals surface area (Å²) >= 11 is 0. The van der Waals surface area contributed by atoms with Crippen LogP contribution in [0.4, 0.5) is 11.4 Å². The molecule has 0 unspecified atom stereocenters. The van der Waals surface area contributed by atoms with Crippen LogP contribution >= 0.6 is 0 Å². The molecule has 2 amide bonds. The van der Waals surface area contributed by atoms with Gasteiger partial charge in [0.1, 0.15) is 5.75 Å². The Morgan fingerprint density at radius 2 is 1.80 bits per heavy atom. The maximum absolute atomic E-state index is 12.3. The highest BCUT2D eigenvalue weighted by Gasteiger charge is 2.21. The van der Waals surface area contributed by atoms with Crippen LogP contribution in [-0.2, 0) is 9.59 Å². The van der Waals surface area contributed by atoms with Gasteiger partial charge in [0.15, 0.2) is 6.10 Å². The Morgan fingerprint density at radius 1 is 1.12 bits per heavy atom. The molecule has 1 aliphatic rings. The van der Waals surface area contributed by atoms with E-state index in [1.165, 1.54) is 0 Å². The van der Waals surface area contributed by atoms with E-state index < -0.39 is 6.10 Å². The molecule has 1 aliphatic heterocycles. The average molecular weight is 338 g/mol. The molecular formula is C20H22N2O3. The summed E-state index contributed by atoms with van der Waals surface area (Å²) in [5, 5.41) is 2.83. The molecule has 0 radical (unpaired) electrons. The predicted octanol–water partition coefficient (Wildman–Crippen LogP) is 3.53. The number of hydrogen-bond donors (Lipinski definition) is 1. The standard InChI is InChI=1S/C20H22N2O3/c1-14-5-11-18(12-6-14)25-15(2)20(24)21-16-7-9-17(10-8-16)22-13-3-4-19(22)23/h5-12,15H,3-4,13H2,1-2H3,(H,21,24)/t15-/m1/s1. The van der Waals surface area contributed by atoms with Gasteiger partial charge in [-0.25, -0.2) is 0 Å². The Hall–Kier alpha value is -2.82. The highest BCUT2D eigenvalue weighted by molar-refractivity contribution is 5.96. The summed E-state index contributed by atoms with van der Waals surface area (Å²) in [7, 11) is 0. The van der Waals surface area contributed by atoms with Crippen LogP contribution in [-0.4, -0.2) is 24.5 Å². The molecule has 0 aliphatic carbocycles. The highest BCUT2D eigenvalue weighted by atomic mass is 16.5. The van der Waals surface area contributed by atoms with Gasteiger partial charge in [0.05, 0.1) is 0 Å². The quantitative estimate of drug-likeness (QED) is 0.907. The Kier molecular flexibility index (Phi) is 5.03. The zero-order valence-electron chi connectivity index (χ0n) is 14.5. The number of ether oxygens (including phenoxy) is 1. The lowest BCUT2D eigenvalue weighted by molar-refractivity contribution is -0.122. The maximum Gasteiger partial charge on any atom is 0.265 e. The summed E-state index contributed by atoms with van der Waals surface area (Å²) in [5.74, 6) is 0.596. The molecule has 1 fully saturated rings. The molecule has 1 atom stereocenters. The summed E-state index contributed by atoms with van der Waals surface area (Å²) < 4.78 is 5.66. The zero-order valence-corrected chi connectivity index (χ0v) is 14.5. The normalized spacial score (nSPS) is 15.1. The number of aryl methyl sites for hydroxylation is 1. The lowest BCUT2D eigenvalue weighted by Crippen LogP contribution is -2.30. The van der Waals surface area contributed by atoms with Gasteiger partial charge in [0, 0.05) is 24.3 Å². The SMILES string of the molecule is Cc1ccc(O[C@H](C)C(=O)Nc2ccc(N3CCCC3=O)cc2)cc1. The highest BCUT2D eigenvalue weighted by Crippen LogP contribution is 2.23. The molecule has 0 aromatic heterocycles. The number of amides is 2. The van der Waals surface area contributed by atoms with Crippen LogP contribution in [0.2, 0.25) is 0 Å². The van der Waals surface area contributed by atoms with Crippen molar-refractivity contribution in [3.8, 4) is 5.75 Å². The maximum atomic E-state index is 12.3. The average Bonchev–Trinajstić information content (AvgIpc) is 3.03. The number of benzene rings is 2. The Morgan fingerprint density at radius 3 is 2.40 bits per heavy atom. The van der Waals surface area contributed by atoms with Crippen molar-refractivity contribution < 1.29 is 14.3 Å². The van der Waals surface area contributed by atoms with Gasteiger partial charge in [0.2, 0.25) is 5.91 Å². The fraction of sp³-hybridized carbons (Fsp3) is 0.300. The molecule has 0 spiro atoms. The summed E-state index contributed by atoms with van der Waals surface area (Å²) in [6, 6.07) is 14.9. The van der Waals surface area contributed by atoms with Crippen LogP contribution in [0, 0.1) is 6.92 Å². The largest absolute Gasteiger partial charge is 0.481 e. The molecule has 130 valence electrons. The lowest BCUT2D eigenvalue weighted by Gasteiger charge is -2.17. The second kappa shape index (κ2) is 7.38. The summed E-state index contributed by atoms with van der Waals surface area (Å²) in [6.07, 6.45) is 0.889. The minimum atomic E-state index is -0.609. The van der Waals surface area contributed by atoms with E-state index in [2.05, 4.69) is 5.32 Å². The lowest BCUT2D eigenvalue weighted by atomic mass is 10.2. The van der Waals surface area contributed by atoms with Crippen LogP contribution < -0.4 is 15.0 Å². The third kappa shape index (κ3) is 4.18. The van der Waals surface area contributed by atoms with Crippen LogP contribution in [0.3, 0.4) is 0 Å². The first-order chi connectivity index (χ1) is 12.0. The van der Waals surface area contributed by atoms with Gasteiger partial charge in [0.25, 0.3) is 5.91 Å². The number of nitrogens with one attached hydrogen (secondary N) is 1. The first kappa shape index (κ1) is 17.0. The Balaban J connectivity index is 1.58. The third-order valence-corrected chi connectivity index (χ3v) is 4.22. The van der Waals surface area contributed by atoms with Gasteiger partial charge >= 0.3 is 0 Å². The van der Waals surface area contributed by atoms with Gasteiger partial charge in [-0.05, 0) is 56.7 Å². The molecule has 25 heavy (non-hydrogen) atoms. The van der Waals surface area contributed by atoms with Crippen molar-refractivity contribution in [2.75, 3.05) is 16.8 Å². The van der Waals surface area contributed by atoms with E-state index in [9.17, 15) is 9.59 Å². The van der Waals surface area contributed by atoms with Gasteiger partial charge in [-0.1, -0.05) is 17.7 Å². The summed E-state index contributed by atoms with van der Waals surface area (Å²) in [6.45, 7) is 4.47. The fourth-order valence-corrected chi connectivity index (χ4v) is 2.76. The van der Waals surface area contributed by atoms with Crippen molar-refractivity contribution >= 4 is 23.2 Å². The molecule has 3 rings (SSSR count). The van der Waals surface area contributed by atoms with Crippen LogP contribution in [0.5, 0.6) is 5.75 Å². The topological polar surface area (TPSA) is 58.6 Å². The van der Waals surface area contributed by atoms with Crippen molar-refractivity contribution in [3.05, 3.63) is 54.1 Å². The minimum absolute atomic E-state index is 0.150. The van der Waals surface area contributed by atoms with Gasteiger partial charge in [-0.3, -0.25) is 9.59 Å². The molecular weight excluding hydrogens is 316 g/mol. The molecule has 0 saturated carbocycles. The van der Waals surface area contributed by atoms with E-state index in [1.54, 1.807) is 24.0 Å². The van der Waals surface area contributed by atoms with Crippen molar-refractivity contribution in [1.82, 2.24) is 0 Å². The van der Waals surface area contributed by atoms with Crippen molar-refractivity contribution in [1.29, 1.82) is 0 Å². The number of hydrogen-bond acceptors (Lipinski definition) is 3. The van der Waals surface area contributed by atoms with E-state index in [4.69, 9.17) is 4.74 Å². The molecule has 1 saturated heterocycles. The van der Waals surface area contributed by atoms with E-state index >= 15 is 0 Å². The molecule has 2 aromatic rings. The molecule has 0 bridgehead atoms. The number of nitrogens with zero attached hydrogens (tertiary/aromatic N) is 1. The Labute approximate surface area is 147 Å². The van der Waals surface area contributed by atoms with E-state index in [0.29, 0.717) is 17.9 Å². The van der Waals surface area contributed by atoms with E-state index in [0.717, 1.165) is 24.2 Å². The first-order valence-corrected chi connectivity index (χ1v) is 8.47. The zero-order chi connectivity index (χ0) is 17.8. The van der Waals surface area contributed by atoms with E-state index in [-0.39, 0.29) is 11.8 Å². The number of rotatable bonds is 5. The van der Waals surface area contributed by atoms with Crippen molar-refractivity contribution in [2.24, 2.45) is 0 Å². The predicted molar refractivity (Wildman–Crippen MR) is 97.9 cm³/mol. The third-order valence-electron chi connectivity index (χ3n) is 4.22. The molecule has 2 aromatic carbocycles. The van der Waals surface area contributed by atoms with E-state index in [1.807, 2.05) is 43.3 Å². The fourth-order valence-electron chi connectivity index (χ4n) is 2.76. The van der Waals surface area contributed by atoms with Gasteiger partial charge in [-0.15, -0.1) is 0 Å². The number of carbonyl (C=O) groups is 2. The molecule has 5 heteroatoms. The van der Waals surface area contributed by atoms with Gasteiger partial charge in [-0.2, -0.15) is 0 Å². The van der Waals surface area contributed by atoms with Crippen LogP contribution in [0.25, 0.3) is 0 Å². The molecule has 5 nitrogen and oxygen atoms in total. The van der Waals surface area contributed by atoms with Crippen LogP contribution in [0.1, 0.15) is 25.3 Å². The van der Waals surface area contributed by atoms with Crippen LogP contribution in [0.15, 0.2) is 48.5 Å². The van der Waals surface area contributed by atoms with Crippen molar-refractivity contribution in [2.45, 2.75) is 32.8 Å². The molecule has 1 heterocycles. The first-order valence-electron chi connectivity index (χ1n) is 8.47. The summed E-state index contributed by atoms with van der Waals surface area (Å²) in [5.41, 5.74) is 2.69. The summed E-state index contributed by atoms with van der Waals surface area (Å²) in [4.78, 5) is 25.8. The second-order valence-corrected chi connectivity index (χ2v) is 6.26.